The smallest absolute Gasteiger partial charge is 0.419 e. The van der Waals surface area contributed by atoms with E-state index in [1.54, 1.807) is 58.0 Å². The van der Waals surface area contributed by atoms with Crippen LogP contribution in [0.15, 0.2) is 42.6 Å². The topological polar surface area (TPSA) is 117 Å². The minimum absolute atomic E-state index is 0.0366. The van der Waals surface area contributed by atoms with Crippen LogP contribution in [0.1, 0.15) is 38.2 Å². The Kier molecular flexibility index (Phi) is 6.87. The van der Waals surface area contributed by atoms with Crippen molar-refractivity contribution in [3.63, 3.8) is 0 Å². The van der Waals surface area contributed by atoms with Crippen LogP contribution in [0.5, 0.6) is 11.6 Å². The summed E-state index contributed by atoms with van der Waals surface area (Å²) in [5.41, 5.74) is 0.0272. The summed E-state index contributed by atoms with van der Waals surface area (Å²) < 4.78 is 42.0. The van der Waals surface area contributed by atoms with Gasteiger partial charge in [0.25, 0.3) is 0 Å². The monoisotopic (exact) mass is 489 g/mol. The third-order valence-corrected chi connectivity index (χ3v) is 5.85. The molecule has 0 saturated heterocycles. The van der Waals surface area contributed by atoms with E-state index in [4.69, 9.17) is 14.2 Å². The first-order valence-electron chi connectivity index (χ1n) is 10.4. The van der Waals surface area contributed by atoms with Crippen molar-refractivity contribution in [2.45, 2.75) is 33.3 Å². The summed E-state index contributed by atoms with van der Waals surface area (Å²) in [4.78, 5) is 29.6. The van der Waals surface area contributed by atoms with E-state index in [-0.39, 0.29) is 18.2 Å². The Morgan fingerprint density at radius 3 is 2.38 bits per heavy atom. The molecule has 182 valence electrons. The molecule has 10 nitrogen and oxygen atoms in total. The number of rotatable bonds is 6. The normalized spacial score (nSPS) is 11.8. The van der Waals surface area contributed by atoms with Crippen LogP contribution in [-0.2, 0) is 19.5 Å². The molecular formula is C23H27N3O7S. The molecule has 1 aromatic carbocycles. The molecule has 2 aromatic heterocycles. The molecular weight excluding hydrogens is 462 g/mol. The maximum Gasteiger partial charge on any atom is 0.419 e. The van der Waals surface area contributed by atoms with E-state index in [2.05, 4.69) is 4.98 Å². The largest absolute Gasteiger partial charge is 0.461 e. The van der Waals surface area contributed by atoms with E-state index in [9.17, 15) is 18.0 Å². The first-order chi connectivity index (χ1) is 15.8. The lowest BCUT2D eigenvalue weighted by molar-refractivity contribution is 0.0454. The van der Waals surface area contributed by atoms with Gasteiger partial charge < -0.3 is 14.2 Å². The van der Waals surface area contributed by atoms with Gasteiger partial charge in [0, 0.05) is 24.6 Å². The Balaban J connectivity index is 1.98. The third-order valence-electron chi connectivity index (χ3n) is 4.64. The van der Waals surface area contributed by atoms with E-state index in [0.717, 1.165) is 15.1 Å². The van der Waals surface area contributed by atoms with Crippen molar-refractivity contribution in [3.8, 4) is 11.6 Å². The number of hydrogen-bond acceptors (Lipinski definition) is 8. The number of ether oxygens (including phenoxy) is 3. The van der Waals surface area contributed by atoms with Gasteiger partial charge in [-0.15, -0.1) is 0 Å². The molecule has 0 amide bonds. The number of aromatic nitrogens is 2. The molecule has 0 radical (unpaired) electrons. The van der Waals surface area contributed by atoms with Crippen LogP contribution < -0.4 is 9.04 Å². The van der Waals surface area contributed by atoms with Crippen LogP contribution in [0.25, 0.3) is 10.9 Å². The first kappa shape index (κ1) is 25.0. The van der Waals surface area contributed by atoms with Crippen molar-refractivity contribution in [1.29, 1.82) is 0 Å². The Morgan fingerprint density at radius 2 is 1.82 bits per heavy atom. The average Bonchev–Trinajstić information content (AvgIpc) is 3.11. The standard InChI is InChI=1S/C23H27N3O7S/c1-7-31-21(27)19-12-15-8-10-17(13-18(15)26(19)22(28)33-23(2,3)4)32-20-11-9-16(14-24-20)25(5)34(6,29)30/h8-14H,7H2,1-6H3. The highest BCUT2D eigenvalue weighted by molar-refractivity contribution is 7.92. The second-order valence-electron chi connectivity index (χ2n) is 8.47. The SMILES string of the molecule is CCOC(=O)c1cc2ccc(Oc3ccc(N(C)S(C)(=O)=O)cn3)cc2n1C(=O)OC(C)(C)C. The zero-order valence-corrected chi connectivity index (χ0v) is 20.7. The second kappa shape index (κ2) is 9.34. The molecule has 0 spiro atoms. The summed E-state index contributed by atoms with van der Waals surface area (Å²) in [6, 6.07) is 9.58. The summed E-state index contributed by atoms with van der Waals surface area (Å²) in [6.07, 6.45) is 1.74. The molecule has 0 atom stereocenters. The highest BCUT2D eigenvalue weighted by atomic mass is 32.2. The Morgan fingerprint density at radius 1 is 1.12 bits per heavy atom. The summed E-state index contributed by atoms with van der Waals surface area (Å²) in [5.74, 6) is -0.0900. The molecule has 0 fully saturated rings. The van der Waals surface area contributed by atoms with Crippen molar-refractivity contribution in [2.24, 2.45) is 0 Å². The molecule has 0 saturated carbocycles. The fourth-order valence-electron chi connectivity index (χ4n) is 3.04. The summed E-state index contributed by atoms with van der Waals surface area (Å²) >= 11 is 0. The molecule has 11 heteroatoms. The minimum atomic E-state index is -3.42. The Bertz CT molecular complexity index is 1320. The predicted octanol–water partition coefficient (Wildman–Crippen LogP) is 4.18. The van der Waals surface area contributed by atoms with E-state index >= 15 is 0 Å². The molecule has 3 aromatic rings. The molecule has 0 unspecified atom stereocenters. The van der Waals surface area contributed by atoms with Crippen molar-refractivity contribution >= 4 is 38.7 Å². The van der Waals surface area contributed by atoms with Gasteiger partial charge >= 0.3 is 12.1 Å². The minimum Gasteiger partial charge on any atom is -0.461 e. The van der Waals surface area contributed by atoms with E-state index < -0.39 is 27.7 Å². The fourth-order valence-corrected chi connectivity index (χ4v) is 3.53. The van der Waals surface area contributed by atoms with Crippen LogP contribution in [-0.4, -0.2) is 55.5 Å². The zero-order valence-electron chi connectivity index (χ0n) is 19.9. The molecule has 0 aliphatic carbocycles. The molecule has 0 N–H and O–H groups in total. The van der Waals surface area contributed by atoms with Gasteiger partial charge in [0.1, 0.15) is 17.0 Å². The Labute approximate surface area is 198 Å². The van der Waals surface area contributed by atoms with Gasteiger partial charge in [-0.1, -0.05) is 0 Å². The molecule has 2 heterocycles. The van der Waals surface area contributed by atoms with Crippen molar-refractivity contribution in [3.05, 3.63) is 48.3 Å². The summed E-state index contributed by atoms with van der Waals surface area (Å²) in [5, 5.41) is 0.611. The van der Waals surface area contributed by atoms with Gasteiger partial charge in [0.2, 0.25) is 15.9 Å². The van der Waals surface area contributed by atoms with Crippen molar-refractivity contribution < 1.29 is 32.2 Å². The maximum absolute atomic E-state index is 12.9. The van der Waals surface area contributed by atoms with Gasteiger partial charge in [-0.3, -0.25) is 4.31 Å². The number of carbonyl (C=O) groups excluding carboxylic acids is 2. The number of sulfonamides is 1. The van der Waals surface area contributed by atoms with Crippen molar-refractivity contribution in [2.75, 3.05) is 24.2 Å². The first-order valence-corrected chi connectivity index (χ1v) is 12.3. The summed E-state index contributed by atoms with van der Waals surface area (Å²) in [7, 11) is -2.00. The van der Waals surface area contributed by atoms with E-state index in [0.29, 0.717) is 22.3 Å². The third kappa shape index (κ3) is 5.66. The maximum atomic E-state index is 12.9. The average molecular weight is 490 g/mol. The highest BCUT2D eigenvalue weighted by Gasteiger charge is 2.26. The molecule has 0 bridgehead atoms. The number of carbonyl (C=O) groups is 2. The van der Waals surface area contributed by atoms with Gasteiger partial charge in [-0.2, -0.15) is 0 Å². The fraction of sp³-hybridized carbons (Fsp3) is 0.348. The highest BCUT2D eigenvalue weighted by Crippen LogP contribution is 2.29. The van der Waals surface area contributed by atoms with Crippen LogP contribution in [0.4, 0.5) is 10.5 Å². The molecule has 0 aliphatic heterocycles. The Hall–Kier alpha value is -3.60. The molecule has 3 rings (SSSR count). The van der Waals surface area contributed by atoms with Gasteiger partial charge in [-0.05, 0) is 52.0 Å². The van der Waals surface area contributed by atoms with Gasteiger partial charge in [-0.25, -0.2) is 27.6 Å². The van der Waals surface area contributed by atoms with Crippen molar-refractivity contribution in [1.82, 2.24) is 9.55 Å². The van der Waals surface area contributed by atoms with E-state index in [1.807, 2.05) is 0 Å². The molecule has 34 heavy (non-hydrogen) atoms. The number of esters is 1. The lowest BCUT2D eigenvalue weighted by Crippen LogP contribution is -2.29. The molecule has 0 aliphatic rings. The quantitative estimate of drug-likeness (QED) is 0.473. The number of benzene rings is 1. The van der Waals surface area contributed by atoms with Crippen LogP contribution >= 0.6 is 0 Å². The van der Waals surface area contributed by atoms with Crippen LogP contribution in [0.3, 0.4) is 0 Å². The number of nitrogens with zero attached hydrogens (tertiary/aromatic N) is 3. The second-order valence-corrected chi connectivity index (χ2v) is 10.5. The number of fused-ring (bicyclic) bond motifs is 1. The zero-order chi connectivity index (χ0) is 25.3. The number of anilines is 1. The number of pyridine rings is 1. The van der Waals surface area contributed by atoms with Gasteiger partial charge in [0.15, 0.2) is 0 Å². The van der Waals surface area contributed by atoms with E-state index in [1.165, 1.54) is 19.3 Å². The lowest BCUT2D eigenvalue weighted by Gasteiger charge is -2.20. The van der Waals surface area contributed by atoms with Crippen LogP contribution in [0, 0.1) is 0 Å². The summed E-state index contributed by atoms with van der Waals surface area (Å²) in [6.45, 7) is 7.01. The van der Waals surface area contributed by atoms with Crippen LogP contribution in [0.2, 0.25) is 0 Å². The number of hydrogen-bond donors (Lipinski definition) is 0. The predicted molar refractivity (Wildman–Crippen MR) is 127 cm³/mol. The van der Waals surface area contributed by atoms with Gasteiger partial charge in [0.05, 0.1) is 30.3 Å². The lowest BCUT2D eigenvalue weighted by atomic mass is 10.2.